The maximum absolute atomic E-state index is 13.0. The van der Waals surface area contributed by atoms with Crippen molar-refractivity contribution in [2.45, 2.75) is 5.41 Å². The molecule has 39 heavy (non-hydrogen) atoms. The molecule has 0 unspecified atom stereocenters. The molecular formula is C33H20N2O4. The van der Waals surface area contributed by atoms with Gasteiger partial charge in [-0.1, -0.05) is 84.9 Å². The molecule has 0 saturated carbocycles. The van der Waals surface area contributed by atoms with Gasteiger partial charge in [0.15, 0.2) is 0 Å². The van der Waals surface area contributed by atoms with Gasteiger partial charge in [-0.05, 0) is 45.5 Å². The molecule has 0 spiro atoms. The van der Waals surface area contributed by atoms with Gasteiger partial charge in [-0.3, -0.25) is 19.2 Å². The second-order valence-corrected chi connectivity index (χ2v) is 9.57. The SMILES string of the molecule is O=C1C=CC(=O)N1c1ccccc1C1(c2ccccc2N2C(=O)C=CC2=O)c2ccccc2-c2ccccc21. The van der Waals surface area contributed by atoms with Crippen LogP contribution in [0.3, 0.4) is 0 Å². The highest BCUT2D eigenvalue weighted by molar-refractivity contribution is 6.29. The van der Waals surface area contributed by atoms with Crippen molar-refractivity contribution in [3.05, 3.63) is 144 Å². The van der Waals surface area contributed by atoms with E-state index < -0.39 is 29.0 Å². The normalized spacial score (nSPS) is 16.8. The van der Waals surface area contributed by atoms with Crippen LogP contribution in [0, 0.1) is 0 Å². The van der Waals surface area contributed by atoms with E-state index in [0.717, 1.165) is 22.3 Å². The van der Waals surface area contributed by atoms with Crippen LogP contribution in [0.25, 0.3) is 11.1 Å². The number of fused-ring (bicyclic) bond motifs is 3. The third-order valence-electron chi connectivity index (χ3n) is 7.67. The zero-order chi connectivity index (χ0) is 26.7. The number of hydrogen-bond acceptors (Lipinski definition) is 4. The molecule has 0 atom stereocenters. The van der Waals surface area contributed by atoms with Gasteiger partial charge in [-0.15, -0.1) is 0 Å². The predicted molar refractivity (Wildman–Crippen MR) is 147 cm³/mol. The van der Waals surface area contributed by atoms with Crippen LogP contribution in [0.1, 0.15) is 22.3 Å². The molecule has 0 aromatic heterocycles. The molecule has 4 aromatic carbocycles. The maximum Gasteiger partial charge on any atom is 0.258 e. The lowest BCUT2D eigenvalue weighted by Crippen LogP contribution is -2.38. The minimum atomic E-state index is -1.06. The van der Waals surface area contributed by atoms with Gasteiger partial charge in [0.1, 0.15) is 0 Å². The highest BCUT2D eigenvalue weighted by atomic mass is 16.2. The fourth-order valence-electron chi connectivity index (χ4n) is 6.21. The second kappa shape index (κ2) is 8.33. The third-order valence-corrected chi connectivity index (χ3v) is 7.67. The Hall–Kier alpha value is -5.36. The molecule has 0 saturated heterocycles. The Morgan fingerprint density at radius 3 is 1.08 bits per heavy atom. The minimum absolute atomic E-state index is 0.426. The van der Waals surface area contributed by atoms with Crippen LogP contribution < -0.4 is 9.80 Å². The largest absolute Gasteiger partial charge is 0.269 e. The fraction of sp³-hybridized carbons (Fsp3) is 0.0303. The van der Waals surface area contributed by atoms with E-state index in [1.54, 1.807) is 24.3 Å². The number of carbonyl (C=O) groups excluding carboxylic acids is 4. The Balaban J connectivity index is 1.64. The summed E-state index contributed by atoms with van der Waals surface area (Å²) in [6.07, 6.45) is 5.07. The Morgan fingerprint density at radius 1 is 0.385 bits per heavy atom. The first-order valence-corrected chi connectivity index (χ1v) is 12.5. The first-order valence-electron chi connectivity index (χ1n) is 12.5. The highest BCUT2D eigenvalue weighted by Crippen LogP contribution is 2.59. The number of anilines is 2. The summed E-state index contributed by atoms with van der Waals surface area (Å²) in [4.78, 5) is 54.2. The van der Waals surface area contributed by atoms with Crippen molar-refractivity contribution in [1.82, 2.24) is 0 Å². The molecule has 4 aromatic rings. The van der Waals surface area contributed by atoms with Gasteiger partial charge in [0.05, 0.1) is 16.8 Å². The van der Waals surface area contributed by atoms with Crippen LogP contribution in [0.2, 0.25) is 0 Å². The van der Waals surface area contributed by atoms with Gasteiger partial charge in [-0.25, -0.2) is 9.80 Å². The lowest BCUT2D eigenvalue weighted by molar-refractivity contribution is -0.121. The molecule has 186 valence electrons. The molecule has 6 heteroatoms. The summed E-state index contributed by atoms with van der Waals surface area (Å²) < 4.78 is 0. The minimum Gasteiger partial charge on any atom is -0.269 e. The summed E-state index contributed by atoms with van der Waals surface area (Å²) in [5.74, 6) is -1.71. The number of hydrogen-bond donors (Lipinski definition) is 0. The van der Waals surface area contributed by atoms with Crippen molar-refractivity contribution in [2.75, 3.05) is 9.80 Å². The summed E-state index contributed by atoms with van der Waals surface area (Å²) in [6.45, 7) is 0. The van der Waals surface area contributed by atoms with E-state index in [9.17, 15) is 19.2 Å². The van der Waals surface area contributed by atoms with Crippen molar-refractivity contribution in [3.8, 4) is 11.1 Å². The molecule has 4 amide bonds. The van der Waals surface area contributed by atoms with Crippen molar-refractivity contribution in [2.24, 2.45) is 0 Å². The standard InChI is InChI=1S/C33H20N2O4/c36-29-17-18-30(37)34(29)27-15-7-5-13-25(27)33(23-11-3-1-9-21(23)22-10-2-4-12-24(22)33)26-14-6-8-16-28(26)35-31(38)19-20-32(35)39/h1-20H. The van der Waals surface area contributed by atoms with E-state index in [0.29, 0.717) is 22.5 Å². The average Bonchev–Trinajstić information content (AvgIpc) is 3.59. The zero-order valence-corrected chi connectivity index (χ0v) is 20.6. The molecular weight excluding hydrogens is 488 g/mol. The van der Waals surface area contributed by atoms with Gasteiger partial charge in [-0.2, -0.15) is 0 Å². The Bertz CT molecular complexity index is 1650. The molecule has 0 N–H and O–H groups in total. The molecule has 2 aliphatic heterocycles. The van der Waals surface area contributed by atoms with Crippen LogP contribution in [0.5, 0.6) is 0 Å². The van der Waals surface area contributed by atoms with Crippen LogP contribution >= 0.6 is 0 Å². The summed E-state index contributed by atoms with van der Waals surface area (Å²) in [5, 5.41) is 0. The molecule has 7 rings (SSSR count). The first-order chi connectivity index (χ1) is 19.0. The monoisotopic (exact) mass is 508 g/mol. The Labute approximate surface area is 224 Å². The van der Waals surface area contributed by atoms with E-state index in [2.05, 4.69) is 0 Å². The number of rotatable bonds is 4. The molecule has 6 nitrogen and oxygen atoms in total. The number of amides is 4. The highest BCUT2D eigenvalue weighted by Gasteiger charge is 2.50. The average molecular weight is 509 g/mol. The molecule has 2 heterocycles. The molecule has 3 aliphatic rings. The summed E-state index contributed by atoms with van der Waals surface area (Å²) in [5.41, 5.74) is 5.02. The predicted octanol–water partition coefficient (Wildman–Crippen LogP) is 4.91. The summed E-state index contributed by atoms with van der Waals surface area (Å²) in [7, 11) is 0. The smallest absolute Gasteiger partial charge is 0.258 e. The summed E-state index contributed by atoms with van der Waals surface area (Å²) >= 11 is 0. The van der Waals surface area contributed by atoms with Gasteiger partial charge in [0.2, 0.25) is 0 Å². The fourth-order valence-corrected chi connectivity index (χ4v) is 6.21. The van der Waals surface area contributed by atoms with E-state index in [4.69, 9.17) is 0 Å². The molecule has 0 fully saturated rings. The number of imide groups is 2. The summed E-state index contributed by atoms with van der Waals surface area (Å²) in [6, 6.07) is 30.7. The number of nitrogens with zero attached hydrogens (tertiary/aromatic N) is 2. The Kier molecular flexibility index (Phi) is 4.87. The van der Waals surface area contributed by atoms with Crippen LogP contribution in [-0.2, 0) is 24.6 Å². The zero-order valence-electron chi connectivity index (χ0n) is 20.6. The third kappa shape index (κ3) is 3.03. The van der Waals surface area contributed by atoms with E-state index >= 15 is 0 Å². The second-order valence-electron chi connectivity index (χ2n) is 9.57. The van der Waals surface area contributed by atoms with Crippen LogP contribution in [0.15, 0.2) is 121 Å². The molecule has 0 bridgehead atoms. The van der Waals surface area contributed by atoms with Crippen LogP contribution in [0.4, 0.5) is 11.4 Å². The lowest BCUT2D eigenvalue weighted by Gasteiger charge is -2.38. The Morgan fingerprint density at radius 2 is 0.692 bits per heavy atom. The van der Waals surface area contributed by atoms with Crippen LogP contribution in [-0.4, -0.2) is 23.6 Å². The van der Waals surface area contributed by atoms with E-state index in [-0.39, 0.29) is 0 Å². The van der Waals surface area contributed by atoms with Crippen molar-refractivity contribution < 1.29 is 19.2 Å². The van der Waals surface area contributed by atoms with Gasteiger partial charge < -0.3 is 0 Å². The van der Waals surface area contributed by atoms with E-state index in [1.807, 2.05) is 72.8 Å². The number of para-hydroxylation sites is 2. The van der Waals surface area contributed by atoms with Gasteiger partial charge in [0, 0.05) is 24.3 Å². The molecule has 0 radical (unpaired) electrons. The quantitative estimate of drug-likeness (QED) is 0.324. The van der Waals surface area contributed by atoms with Gasteiger partial charge in [0.25, 0.3) is 23.6 Å². The maximum atomic E-state index is 13.0. The van der Waals surface area contributed by atoms with Crippen molar-refractivity contribution in [3.63, 3.8) is 0 Å². The number of carbonyl (C=O) groups is 4. The molecule has 1 aliphatic carbocycles. The first kappa shape index (κ1) is 22.8. The van der Waals surface area contributed by atoms with Gasteiger partial charge >= 0.3 is 0 Å². The topological polar surface area (TPSA) is 74.8 Å². The van der Waals surface area contributed by atoms with E-state index in [1.165, 1.54) is 34.1 Å². The number of benzene rings is 4. The van der Waals surface area contributed by atoms with Crippen molar-refractivity contribution >= 4 is 35.0 Å². The lowest BCUT2D eigenvalue weighted by atomic mass is 9.66. The van der Waals surface area contributed by atoms with Crippen molar-refractivity contribution in [1.29, 1.82) is 0 Å².